The van der Waals surface area contributed by atoms with E-state index in [1.807, 2.05) is 0 Å². The molecule has 0 aliphatic carbocycles. The molecule has 33 heavy (non-hydrogen) atoms. The van der Waals surface area contributed by atoms with Gasteiger partial charge in [0.1, 0.15) is 0 Å². The average molecular weight is 480 g/mol. The van der Waals surface area contributed by atoms with Crippen LogP contribution >= 0.6 is 11.6 Å². The minimum atomic E-state index is -2.99. The number of aromatic nitrogens is 4. The van der Waals surface area contributed by atoms with Crippen LogP contribution in [0.1, 0.15) is 36.8 Å². The number of halogens is 4. The largest absolute Gasteiger partial charge is 0.369 e. The first-order valence-corrected chi connectivity index (χ1v) is 10.5. The summed E-state index contributed by atoms with van der Waals surface area (Å²) in [6.07, 6.45) is 2.68. The third-order valence-electron chi connectivity index (χ3n) is 5.40. The second kappa shape index (κ2) is 8.62. The van der Waals surface area contributed by atoms with Crippen molar-refractivity contribution in [3.8, 4) is 11.5 Å². The number of aliphatic imine (C=N–C) groups is 1. The lowest BCUT2D eigenvalue weighted by atomic mass is 9.89. The number of nitrogens with zero attached hydrogens (tertiary/aromatic N) is 6. The zero-order chi connectivity index (χ0) is 23.8. The van der Waals surface area contributed by atoms with Crippen molar-refractivity contribution in [1.82, 2.24) is 25.0 Å². The molecule has 2 N–H and O–H groups in total. The Morgan fingerprint density at radius 2 is 1.97 bits per heavy atom. The maximum atomic E-state index is 15.7. The number of piperidine rings is 1. The second-order valence-electron chi connectivity index (χ2n) is 7.92. The number of likely N-dealkylation sites (tertiary alicyclic amines) is 1. The summed E-state index contributed by atoms with van der Waals surface area (Å²) in [4.78, 5) is 18.1. The van der Waals surface area contributed by atoms with E-state index in [4.69, 9.17) is 21.9 Å². The van der Waals surface area contributed by atoms with Crippen LogP contribution < -0.4 is 5.73 Å². The van der Waals surface area contributed by atoms with Gasteiger partial charge in [-0.2, -0.15) is 9.98 Å². The van der Waals surface area contributed by atoms with Gasteiger partial charge in [-0.15, -0.1) is 0 Å². The lowest BCUT2D eigenvalue weighted by Crippen LogP contribution is -2.46. The van der Waals surface area contributed by atoms with Crippen molar-refractivity contribution in [3.63, 3.8) is 0 Å². The minimum absolute atomic E-state index is 0.0867. The molecule has 1 aliphatic heterocycles. The molecule has 0 unspecified atom stereocenters. The van der Waals surface area contributed by atoms with E-state index >= 15 is 4.39 Å². The van der Waals surface area contributed by atoms with Crippen molar-refractivity contribution in [2.24, 2.45) is 10.7 Å². The Morgan fingerprint density at radius 3 is 2.52 bits per heavy atom. The van der Waals surface area contributed by atoms with Gasteiger partial charge < -0.3 is 15.2 Å². The van der Waals surface area contributed by atoms with E-state index in [1.54, 1.807) is 17.9 Å². The SMILES string of the molecule is Cc1noc(-c2cnc(C3(F)CCN(C(N)=Nc4ccc(C(C)(F)F)cn4)CC3)c(Cl)c2)n1. The van der Waals surface area contributed by atoms with Crippen molar-refractivity contribution in [3.05, 3.63) is 52.7 Å². The Balaban J connectivity index is 1.44. The third-order valence-corrected chi connectivity index (χ3v) is 5.69. The van der Waals surface area contributed by atoms with Crippen LogP contribution in [-0.4, -0.2) is 44.1 Å². The molecule has 1 aliphatic rings. The Kier molecular flexibility index (Phi) is 6.00. The maximum absolute atomic E-state index is 15.7. The molecule has 0 spiro atoms. The first-order chi connectivity index (χ1) is 15.5. The molecular formula is C21H21ClF3N7O. The van der Waals surface area contributed by atoms with E-state index in [0.29, 0.717) is 11.4 Å². The lowest BCUT2D eigenvalue weighted by Gasteiger charge is -2.36. The third kappa shape index (κ3) is 4.92. The molecule has 0 aromatic carbocycles. The smallest absolute Gasteiger partial charge is 0.272 e. The molecule has 0 radical (unpaired) electrons. The van der Waals surface area contributed by atoms with Gasteiger partial charge in [-0.3, -0.25) is 4.98 Å². The zero-order valence-electron chi connectivity index (χ0n) is 17.9. The number of guanidine groups is 1. The van der Waals surface area contributed by atoms with E-state index < -0.39 is 11.6 Å². The highest BCUT2D eigenvalue weighted by molar-refractivity contribution is 6.31. The normalized spacial score (nSPS) is 16.8. The number of aryl methyl sites for hydroxylation is 1. The van der Waals surface area contributed by atoms with Crippen LogP contribution in [0.4, 0.5) is 19.0 Å². The summed E-state index contributed by atoms with van der Waals surface area (Å²) >= 11 is 6.34. The number of alkyl halides is 3. The monoisotopic (exact) mass is 479 g/mol. The number of hydrogen-bond acceptors (Lipinski definition) is 6. The van der Waals surface area contributed by atoms with E-state index in [0.717, 1.165) is 13.1 Å². The summed E-state index contributed by atoms with van der Waals surface area (Å²) < 4.78 is 47.5. The molecule has 174 valence electrons. The Labute approximate surface area is 192 Å². The molecule has 0 atom stereocenters. The molecule has 4 heterocycles. The second-order valence-corrected chi connectivity index (χ2v) is 8.32. The highest BCUT2D eigenvalue weighted by atomic mass is 35.5. The highest BCUT2D eigenvalue weighted by Crippen LogP contribution is 2.40. The van der Waals surface area contributed by atoms with Gasteiger partial charge in [-0.1, -0.05) is 16.8 Å². The molecule has 0 amide bonds. The molecule has 4 rings (SSSR count). The van der Waals surface area contributed by atoms with Crippen LogP contribution in [0.15, 0.2) is 40.1 Å². The highest BCUT2D eigenvalue weighted by Gasteiger charge is 2.40. The van der Waals surface area contributed by atoms with E-state index in [2.05, 4.69) is 25.1 Å². The lowest BCUT2D eigenvalue weighted by molar-refractivity contribution is 0.0171. The van der Waals surface area contributed by atoms with Gasteiger partial charge in [0.25, 0.3) is 11.8 Å². The van der Waals surface area contributed by atoms with Gasteiger partial charge in [0.15, 0.2) is 23.3 Å². The first kappa shape index (κ1) is 23.0. The molecule has 0 bridgehead atoms. The predicted molar refractivity (Wildman–Crippen MR) is 116 cm³/mol. The Bertz CT molecular complexity index is 1170. The summed E-state index contributed by atoms with van der Waals surface area (Å²) in [6, 6.07) is 4.16. The summed E-state index contributed by atoms with van der Waals surface area (Å²) in [6.45, 7) is 3.00. The molecular weight excluding hydrogens is 459 g/mol. The Morgan fingerprint density at radius 1 is 1.24 bits per heavy atom. The summed E-state index contributed by atoms with van der Waals surface area (Å²) in [7, 11) is 0. The van der Waals surface area contributed by atoms with Gasteiger partial charge in [0.2, 0.25) is 0 Å². The van der Waals surface area contributed by atoms with Crippen molar-refractivity contribution in [2.45, 2.75) is 38.3 Å². The van der Waals surface area contributed by atoms with Gasteiger partial charge in [-0.25, -0.2) is 18.2 Å². The summed E-state index contributed by atoms with van der Waals surface area (Å²) in [5.74, 6) is -1.95. The van der Waals surface area contributed by atoms with Gasteiger partial charge in [0, 0.05) is 50.8 Å². The quantitative estimate of drug-likeness (QED) is 0.433. The van der Waals surface area contributed by atoms with Crippen molar-refractivity contribution in [1.29, 1.82) is 0 Å². The van der Waals surface area contributed by atoms with Crippen LogP contribution in [0.2, 0.25) is 5.02 Å². The fourth-order valence-corrected chi connectivity index (χ4v) is 3.86. The molecule has 12 heteroatoms. The molecule has 3 aromatic heterocycles. The van der Waals surface area contributed by atoms with E-state index in [1.165, 1.54) is 18.3 Å². The fourth-order valence-electron chi connectivity index (χ4n) is 3.53. The maximum Gasteiger partial charge on any atom is 0.272 e. The van der Waals surface area contributed by atoms with E-state index in [-0.39, 0.29) is 59.9 Å². The average Bonchev–Trinajstić information content (AvgIpc) is 3.20. The van der Waals surface area contributed by atoms with Crippen LogP contribution in [-0.2, 0) is 11.6 Å². The number of rotatable bonds is 4. The van der Waals surface area contributed by atoms with Crippen LogP contribution in [0.3, 0.4) is 0 Å². The van der Waals surface area contributed by atoms with E-state index in [9.17, 15) is 8.78 Å². The van der Waals surface area contributed by atoms with Crippen LogP contribution in [0.25, 0.3) is 11.5 Å². The van der Waals surface area contributed by atoms with Crippen molar-refractivity contribution < 1.29 is 17.7 Å². The molecule has 3 aromatic rings. The Hall–Kier alpha value is -3.21. The molecule has 1 fully saturated rings. The number of pyridine rings is 2. The topological polar surface area (TPSA) is 106 Å². The fraction of sp³-hybridized carbons (Fsp3) is 0.381. The molecule has 8 nitrogen and oxygen atoms in total. The van der Waals surface area contributed by atoms with Crippen molar-refractivity contribution >= 4 is 23.4 Å². The molecule has 0 saturated carbocycles. The summed E-state index contributed by atoms with van der Waals surface area (Å²) in [5, 5.41) is 3.89. The van der Waals surface area contributed by atoms with Crippen LogP contribution in [0, 0.1) is 6.92 Å². The van der Waals surface area contributed by atoms with Gasteiger partial charge in [-0.05, 0) is 25.1 Å². The number of hydrogen-bond donors (Lipinski definition) is 1. The predicted octanol–water partition coefficient (Wildman–Crippen LogP) is 4.51. The number of nitrogens with two attached hydrogens (primary N) is 1. The first-order valence-electron chi connectivity index (χ1n) is 10.1. The van der Waals surface area contributed by atoms with Gasteiger partial charge in [0.05, 0.1) is 16.3 Å². The van der Waals surface area contributed by atoms with Gasteiger partial charge >= 0.3 is 0 Å². The zero-order valence-corrected chi connectivity index (χ0v) is 18.7. The standard InChI is InChI=1S/C21H21ClF3N7O/c1-12-29-18(33-31-12)13-9-15(22)17(28-10-13)21(25)5-7-32(8-6-21)19(26)30-16-4-3-14(11-27-16)20(2,23)24/h3-4,9-11H,5-8H2,1-2H3,(H2,26,27,30). The molecule has 1 saturated heterocycles. The minimum Gasteiger partial charge on any atom is -0.369 e. The van der Waals surface area contributed by atoms with Crippen molar-refractivity contribution in [2.75, 3.05) is 13.1 Å². The summed E-state index contributed by atoms with van der Waals surface area (Å²) in [5.41, 5.74) is 4.72. The van der Waals surface area contributed by atoms with Crippen LogP contribution in [0.5, 0.6) is 0 Å².